The molecular formula is C27H18BrN3O4. The van der Waals surface area contributed by atoms with Crippen molar-refractivity contribution >= 4 is 50.1 Å². The average molecular weight is 528 g/mol. The van der Waals surface area contributed by atoms with Gasteiger partial charge in [0.25, 0.3) is 11.6 Å². The zero-order valence-corrected chi connectivity index (χ0v) is 19.9. The summed E-state index contributed by atoms with van der Waals surface area (Å²) >= 11 is 3.48. The second-order valence-corrected chi connectivity index (χ2v) is 8.45. The van der Waals surface area contributed by atoms with E-state index in [0.29, 0.717) is 22.4 Å². The number of hydrogen-bond donors (Lipinski definition) is 1. The number of ether oxygens (including phenoxy) is 1. The number of fused-ring (bicyclic) bond motifs is 1. The lowest BCUT2D eigenvalue weighted by Crippen LogP contribution is -2.13. The summed E-state index contributed by atoms with van der Waals surface area (Å²) < 4.78 is 6.62. The van der Waals surface area contributed by atoms with Gasteiger partial charge in [-0.2, -0.15) is 5.26 Å². The molecule has 0 aliphatic heterocycles. The zero-order valence-electron chi connectivity index (χ0n) is 18.3. The summed E-state index contributed by atoms with van der Waals surface area (Å²) in [6.07, 6.45) is 1.44. The minimum Gasteiger partial charge on any atom is -0.488 e. The molecule has 0 radical (unpaired) electrons. The Bertz CT molecular complexity index is 1510. The predicted octanol–water partition coefficient (Wildman–Crippen LogP) is 6.64. The van der Waals surface area contributed by atoms with Crippen LogP contribution in [0, 0.1) is 21.4 Å². The van der Waals surface area contributed by atoms with Crippen LogP contribution in [0.1, 0.15) is 11.1 Å². The summed E-state index contributed by atoms with van der Waals surface area (Å²) in [7, 11) is 0. The number of carbonyl (C=O) groups excluding carboxylic acids is 1. The molecule has 4 aromatic carbocycles. The molecule has 1 amide bonds. The molecule has 0 atom stereocenters. The van der Waals surface area contributed by atoms with Gasteiger partial charge in [0.1, 0.15) is 24.0 Å². The summed E-state index contributed by atoms with van der Waals surface area (Å²) in [5, 5.41) is 25.2. The first-order valence-electron chi connectivity index (χ1n) is 10.5. The SMILES string of the molecule is N#C/C(=C\c1ccc(OCc2ccc3ccccc3c2)c(Br)c1)C(=O)Nc1cccc([N+](=O)[O-])c1. The maximum Gasteiger partial charge on any atom is 0.271 e. The Kier molecular flexibility index (Phi) is 7.19. The largest absolute Gasteiger partial charge is 0.488 e. The highest BCUT2D eigenvalue weighted by Crippen LogP contribution is 2.28. The van der Waals surface area contributed by atoms with Crippen LogP contribution in [0.5, 0.6) is 5.75 Å². The van der Waals surface area contributed by atoms with Gasteiger partial charge < -0.3 is 10.1 Å². The molecule has 0 bridgehead atoms. The Morgan fingerprint density at radius 1 is 1.03 bits per heavy atom. The Hall–Kier alpha value is -4.48. The number of nitrogens with zero attached hydrogens (tertiary/aromatic N) is 2. The molecule has 35 heavy (non-hydrogen) atoms. The number of anilines is 1. The number of nitro benzene ring substituents is 1. The van der Waals surface area contributed by atoms with Gasteiger partial charge in [-0.25, -0.2) is 0 Å². The van der Waals surface area contributed by atoms with Crippen LogP contribution in [0.25, 0.3) is 16.8 Å². The molecule has 0 saturated carbocycles. The summed E-state index contributed by atoms with van der Waals surface area (Å²) in [6.45, 7) is 0.383. The molecule has 8 heteroatoms. The smallest absolute Gasteiger partial charge is 0.271 e. The van der Waals surface area contributed by atoms with Crippen molar-refractivity contribution < 1.29 is 14.5 Å². The van der Waals surface area contributed by atoms with Gasteiger partial charge in [-0.3, -0.25) is 14.9 Å². The second-order valence-electron chi connectivity index (χ2n) is 7.59. The van der Waals surface area contributed by atoms with E-state index in [-0.39, 0.29) is 16.9 Å². The Morgan fingerprint density at radius 3 is 2.57 bits per heavy atom. The Balaban J connectivity index is 1.45. The molecule has 1 N–H and O–H groups in total. The van der Waals surface area contributed by atoms with Gasteiger partial charge in [-0.15, -0.1) is 0 Å². The molecule has 172 valence electrons. The number of nitrogens with one attached hydrogen (secondary N) is 1. The van der Waals surface area contributed by atoms with Gasteiger partial charge >= 0.3 is 0 Å². The average Bonchev–Trinajstić information content (AvgIpc) is 2.86. The minimum absolute atomic E-state index is 0.145. The fourth-order valence-corrected chi connectivity index (χ4v) is 3.94. The van der Waals surface area contributed by atoms with Crippen molar-refractivity contribution in [1.82, 2.24) is 0 Å². The van der Waals surface area contributed by atoms with Crippen molar-refractivity contribution in [2.24, 2.45) is 0 Å². The molecule has 0 aliphatic carbocycles. The number of halogens is 1. The molecule has 7 nitrogen and oxygen atoms in total. The highest BCUT2D eigenvalue weighted by Gasteiger charge is 2.13. The van der Waals surface area contributed by atoms with E-state index in [2.05, 4.69) is 45.5 Å². The second kappa shape index (κ2) is 10.6. The molecule has 4 rings (SSSR count). The lowest BCUT2D eigenvalue weighted by Gasteiger charge is -2.10. The molecule has 0 spiro atoms. The van der Waals surface area contributed by atoms with Gasteiger partial charge in [-0.05, 0) is 68.2 Å². The van der Waals surface area contributed by atoms with Gasteiger partial charge in [0, 0.05) is 17.8 Å². The maximum atomic E-state index is 12.5. The normalized spacial score (nSPS) is 11.0. The highest BCUT2D eigenvalue weighted by molar-refractivity contribution is 9.10. The number of nitriles is 1. The van der Waals surface area contributed by atoms with Crippen LogP contribution in [0.4, 0.5) is 11.4 Å². The summed E-state index contributed by atoms with van der Waals surface area (Å²) in [5.74, 6) is -0.0457. The lowest BCUT2D eigenvalue weighted by molar-refractivity contribution is -0.384. The monoisotopic (exact) mass is 527 g/mol. The number of carbonyl (C=O) groups is 1. The van der Waals surface area contributed by atoms with Crippen molar-refractivity contribution in [1.29, 1.82) is 5.26 Å². The third-order valence-corrected chi connectivity index (χ3v) is 5.77. The summed E-state index contributed by atoms with van der Waals surface area (Å²) in [4.78, 5) is 22.9. The van der Waals surface area contributed by atoms with Crippen molar-refractivity contribution in [3.8, 4) is 11.8 Å². The Morgan fingerprint density at radius 2 is 1.83 bits per heavy atom. The van der Waals surface area contributed by atoms with Crippen LogP contribution in [0.2, 0.25) is 0 Å². The Labute approximate surface area is 209 Å². The third kappa shape index (κ3) is 5.91. The molecule has 0 aromatic heterocycles. The van der Waals surface area contributed by atoms with Crippen molar-refractivity contribution in [3.05, 3.63) is 116 Å². The van der Waals surface area contributed by atoms with Crippen LogP contribution in [0.3, 0.4) is 0 Å². The molecule has 0 aliphatic rings. The van der Waals surface area contributed by atoms with Gasteiger partial charge in [-0.1, -0.05) is 48.5 Å². The van der Waals surface area contributed by atoms with E-state index in [0.717, 1.165) is 16.3 Å². The molecule has 0 fully saturated rings. The topological polar surface area (TPSA) is 105 Å². The lowest BCUT2D eigenvalue weighted by atomic mass is 10.1. The van der Waals surface area contributed by atoms with E-state index in [1.807, 2.05) is 24.3 Å². The van der Waals surface area contributed by atoms with E-state index >= 15 is 0 Å². The van der Waals surface area contributed by atoms with Crippen molar-refractivity contribution in [2.75, 3.05) is 5.32 Å². The van der Waals surface area contributed by atoms with Gasteiger partial charge in [0.15, 0.2) is 0 Å². The molecular weight excluding hydrogens is 510 g/mol. The number of benzene rings is 4. The predicted molar refractivity (Wildman–Crippen MR) is 138 cm³/mol. The minimum atomic E-state index is -0.666. The van der Waals surface area contributed by atoms with E-state index in [1.54, 1.807) is 18.2 Å². The molecule has 0 unspecified atom stereocenters. The quantitative estimate of drug-likeness (QED) is 0.125. The van der Waals surface area contributed by atoms with Crippen molar-refractivity contribution in [2.45, 2.75) is 6.61 Å². The van der Waals surface area contributed by atoms with Crippen LogP contribution in [0.15, 0.2) is 95.0 Å². The zero-order chi connectivity index (χ0) is 24.8. The highest BCUT2D eigenvalue weighted by atomic mass is 79.9. The van der Waals surface area contributed by atoms with E-state index in [4.69, 9.17) is 4.74 Å². The summed E-state index contributed by atoms with van der Waals surface area (Å²) in [5.41, 5.74) is 1.57. The van der Waals surface area contributed by atoms with Crippen LogP contribution in [-0.4, -0.2) is 10.8 Å². The van der Waals surface area contributed by atoms with Crippen LogP contribution >= 0.6 is 15.9 Å². The standard InChI is InChI=1S/C27H18BrN3O4/c28-25-14-18(12-22(16-29)27(32)30-23-6-3-7-24(15-23)31(33)34)9-11-26(25)35-17-19-8-10-20-4-1-2-5-21(20)13-19/h1-15H,17H2,(H,30,32)/b22-12+. The number of non-ortho nitro benzene ring substituents is 1. The molecule has 4 aromatic rings. The maximum absolute atomic E-state index is 12.5. The third-order valence-electron chi connectivity index (χ3n) is 5.16. The molecule has 0 heterocycles. The van der Waals surface area contributed by atoms with Crippen LogP contribution in [-0.2, 0) is 11.4 Å². The first-order valence-corrected chi connectivity index (χ1v) is 11.3. The first kappa shape index (κ1) is 23.7. The fourth-order valence-electron chi connectivity index (χ4n) is 3.42. The van der Waals surface area contributed by atoms with Gasteiger partial charge in [0.2, 0.25) is 0 Å². The van der Waals surface area contributed by atoms with Crippen LogP contribution < -0.4 is 10.1 Å². The van der Waals surface area contributed by atoms with Gasteiger partial charge in [0.05, 0.1) is 9.40 Å². The van der Waals surface area contributed by atoms with E-state index in [1.165, 1.54) is 30.3 Å². The molecule has 0 saturated heterocycles. The summed E-state index contributed by atoms with van der Waals surface area (Å²) in [6, 6.07) is 26.9. The number of nitro groups is 1. The first-order chi connectivity index (χ1) is 16.9. The fraction of sp³-hybridized carbons (Fsp3) is 0.0370. The number of amides is 1. The number of hydrogen-bond acceptors (Lipinski definition) is 5. The van der Waals surface area contributed by atoms with Crippen molar-refractivity contribution in [3.63, 3.8) is 0 Å². The number of rotatable bonds is 7. The van der Waals surface area contributed by atoms with E-state index < -0.39 is 10.8 Å². The van der Waals surface area contributed by atoms with E-state index in [9.17, 15) is 20.2 Å².